The highest BCUT2D eigenvalue weighted by Crippen LogP contribution is 2.16. The average Bonchev–Trinajstić information content (AvgIpc) is 2.42. The third-order valence-electron chi connectivity index (χ3n) is 2.71. The van der Waals surface area contributed by atoms with Gasteiger partial charge in [0.25, 0.3) is 0 Å². The highest BCUT2D eigenvalue weighted by atomic mass is 16.6. The van der Waals surface area contributed by atoms with Crippen LogP contribution in [0.4, 0.5) is 5.69 Å². The summed E-state index contributed by atoms with van der Waals surface area (Å²) < 4.78 is 9.85. The molecule has 0 radical (unpaired) electrons. The first-order valence-electron chi connectivity index (χ1n) is 7.00. The molecule has 5 nitrogen and oxygen atoms in total. The fourth-order valence-electron chi connectivity index (χ4n) is 1.76. The molecule has 0 aromatic heterocycles. The largest absolute Gasteiger partial charge is 0.466 e. The van der Waals surface area contributed by atoms with Crippen molar-refractivity contribution in [2.24, 2.45) is 0 Å². The van der Waals surface area contributed by atoms with E-state index in [1.165, 1.54) is 13.2 Å². The minimum atomic E-state index is -0.497. The molecule has 0 aliphatic rings. The Balaban J connectivity index is 2.74. The van der Waals surface area contributed by atoms with Gasteiger partial charge in [-0.1, -0.05) is 12.1 Å². The van der Waals surface area contributed by atoms with E-state index in [0.29, 0.717) is 0 Å². The second kappa shape index (κ2) is 7.64. The van der Waals surface area contributed by atoms with Crippen molar-refractivity contribution in [1.82, 2.24) is 0 Å². The van der Waals surface area contributed by atoms with Gasteiger partial charge >= 0.3 is 11.9 Å². The van der Waals surface area contributed by atoms with Crippen LogP contribution in [0.15, 0.2) is 30.3 Å². The van der Waals surface area contributed by atoms with Crippen molar-refractivity contribution >= 4 is 23.7 Å². The summed E-state index contributed by atoms with van der Waals surface area (Å²) in [7, 11) is 3.14. The number of likely N-dealkylation sites (N-methyl/N-ethyl adjacent to an activating group) is 1. The van der Waals surface area contributed by atoms with Crippen molar-refractivity contribution in [3.63, 3.8) is 0 Å². The van der Waals surface area contributed by atoms with E-state index in [1.54, 1.807) is 11.0 Å². The number of nitrogens with zero attached hydrogens (tertiary/aromatic N) is 1. The molecule has 5 heteroatoms. The molecule has 1 aromatic carbocycles. The maximum atomic E-state index is 11.8. The second-order valence-electron chi connectivity index (χ2n) is 5.89. The van der Waals surface area contributed by atoms with Crippen LogP contribution in [-0.2, 0) is 19.1 Å². The molecule has 0 fully saturated rings. The predicted octanol–water partition coefficient (Wildman–Crippen LogP) is 2.65. The van der Waals surface area contributed by atoms with Crippen LogP contribution in [-0.4, -0.2) is 38.2 Å². The van der Waals surface area contributed by atoms with E-state index in [2.05, 4.69) is 4.74 Å². The zero-order valence-corrected chi connectivity index (χ0v) is 13.8. The number of methoxy groups -OCH3 is 1. The topological polar surface area (TPSA) is 55.8 Å². The second-order valence-corrected chi connectivity index (χ2v) is 5.89. The lowest BCUT2D eigenvalue weighted by atomic mass is 10.1. The molecule has 0 aliphatic heterocycles. The first kappa shape index (κ1) is 17.8. The first-order valence-corrected chi connectivity index (χ1v) is 7.00. The van der Waals surface area contributed by atoms with Crippen LogP contribution in [0.2, 0.25) is 0 Å². The zero-order chi connectivity index (χ0) is 16.8. The summed E-state index contributed by atoms with van der Waals surface area (Å²) in [4.78, 5) is 24.7. The number of benzene rings is 1. The normalized spacial score (nSPS) is 11.3. The molecule has 0 bridgehead atoms. The van der Waals surface area contributed by atoms with E-state index < -0.39 is 11.6 Å². The molecule has 0 saturated carbocycles. The highest BCUT2D eigenvalue weighted by molar-refractivity contribution is 5.87. The summed E-state index contributed by atoms with van der Waals surface area (Å²) in [6.07, 6.45) is 3.02. The summed E-state index contributed by atoms with van der Waals surface area (Å²) in [5, 5.41) is 0. The Labute approximate surface area is 131 Å². The quantitative estimate of drug-likeness (QED) is 0.618. The molecule has 120 valence electrons. The Morgan fingerprint density at radius 2 is 1.95 bits per heavy atom. The molecular weight excluding hydrogens is 282 g/mol. The molecule has 22 heavy (non-hydrogen) atoms. The van der Waals surface area contributed by atoms with Crippen molar-refractivity contribution in [3.8, 4) is 0 Å². The lowest BCUT2D eigenvalue weighted by molar-refractivity contribution is -0.152. The van der Waals surface area contributed by atoms with Gasteiger partial charge < -0.3 is 14.4 Å². The van der Waals surface area contributed by atoms with Gasteiger partial charge in [-0.3, -0.25) is 4.79 Å². The van der Waals surface area contributed by atoms with Crippen molar-refractivity contribution in [3.05, 3.63) is 35.9 Å². The Kier molecular flexibility index (Phi) is 6.16. The minimum absolute atomic E-state index is 0.154. The number of carbonyl (C=O) groups is 2. The van der Waals surface area contributed by atoms with Crippen molar-refractivity contribution in [1.29, 1.82) is 0 Å². The van der Waals surface area contributed by atoms with Crippen LogP contribution < -0.4 is 4.90 Å². The monoisotopic (exact) mass is 305 g/mol. The maximum Gasteiger partial charge on any atom is 0.330 e. The molecule has 0 heterocycles. The number of rotatable bonds is 5. The molecule has 0 aliphatic carbocycles. The van der Waals surface area contributed by atoms with Gasteiger partial charge in [-0.15, -0.1) is 0 Å². The molecule has 0 saturated heterocycles. The summed E-state index contributed by atoms with van der Waals surface area (Å²) in [6, 6.07) is 7.49. The zero-order valence-electron chi connectivity index (χ0n) is 13.8. The summed E-state index contributed by atoms with van der Waals surface area (Å²) in [5.74, 6) is -0.696. The van der Waals surface area contributed by atoms with Gasteiger partial charge in [-0.25, -0.2) is 4.79 Å². The SMILES string of the molecule is COC(=O)/C=C/c1cccc(N(C)CC(=O)OC(C)(C)C)c1. The first-order chi connectivity index (χ1) is 10.2. The third kappa shape index (κ3) is 6.43. The number of esters is 2. The molecule has 1 rings (SSSR count). The van der Waals surface area contributed by atoms with E-state index in [-0.39, 0.29) is 12.5 Å². The maximum absolute atomic E-state index is 11.8. The predicted molar refractivity (Wildman–Crippen MR) is 86.6 cm³/mol. The van der Waals surface area contributed by atoms with Gasteiger partial charge in [0.1, 0.15) is 12.1 Å². The fraction of sp³-hybridized carbons (Fsp3) is 0.412. The van der Waals surface area contributed by atoms with Crippen LogP contribution >= 0.6 is 0 Å². The fourth-order valence-corrected chi connectivity index (χ4v) is 1.76. The van der Waals surface area contributed by atoms with E-state index in [1.807, 2.05) is 52.1 Å². The Morgan fingerprint density at radius 3 is 2.55 bits per heavy atom. The number of hydrogen-bond donors (Lipinski definition) is 0. The standard InChI is InChI=1S/C17H23NO4/c1-17(2,3)22-16(20)12-18(4)14-8-6-7-13(11-14)9-10-15(19)21-5/h6-11H,12H2,1-5H3/b10-9+. The van der Waals surface area contributed by atoms with Crippen molar-refractivity contribution in [2.45, 2.75) is 26.4 Å². The third-order valence-corrected chi connectivity index (χ3v) is 2.71. The van der Waals surface area contributed by atoms with Crippen LogP contribution in [0.3, 0.4) is 0 Å². The Hall–Kier alpha value is -2.30. The van der Waals surface area contributed by atoms with Crippen LogP contribution in [0.25, 0.3) is 6.08 Å². The van der Waals surface area contributed by atoms with Gasteiger partial charge in [0.15, 0.2) is 0 Å². The lowest BCUT2D eigenvalue weighted by Gasteiger charge is -2.23. The van der Waals surface area contributed by atoms with Crippen LogP contribution in [0.5, 0.6) is 0 Å². The van der Waals surface area contributed by atoms with Crippen molar-refractivity contribution in [2.75, 3.05) is 25.6 Å². The van der Waals surface area contributed by atoms with Gasteiger partial charge in [0.05, 0.1) is 7.11 Å². The highest BCUT2D eigenvalue weighted by Gasteiger charge is 2.17. The molecular formula is C17H23NO4. The lowest BCUT2D eigenvalue weighted by Crippen LogP contribution is -2.32. The molecule has 0 amide bonds. The van der Waals surface area contributed by atoms with Gasteiger partial charge in [-0.2, -0.15) is 0 Å². The summed E-state index contributed by atoms with van der Waals surface area (Å²) in [5.41, 5.74) is 1.21. The van der Waals surface area contributed by atoms with Crippen LogP contribution in [0, 0.1) is 0 Å². The number of hydrogen-bond acceptors (Lipinski definition) is 5. The Bertz CT molecular complexity index is 558. The van der Waals surface area contributed by atoms with Gasteiger partial charge in [-0.05, 0) is 44.5 Å². The van der Waals surface area contributed by atoms with E-state index in [4.69, 9.17) is 4.74 Å². The molecule has 0 spiro atoms. The number of carbonyl (C=O) groups excluding carboxylic acids is 2. The smallest absolute Gasteiger partial charge is 0.330 e. The number of ether oxygens (including phenoxy) is 2. The van der Waals surface area contributed by atoms with Crippen molar-refractivity contribution < 1.29 is 19.1 Å². The summed E-state index contributed by atoms with van der Waals surface area (Å²) in [6.45, 7) is 5.66. The number of anilines is 1. The minimum Gasteiger partial charge on any atom is -0.466 e. The average molecular weight is 305 g/mol. The van der Waals surface area contributed by atoms with E-state index in [9.17, 15) is 9.59 Å². The molecule has 0 N–H and O–H groups in total. The van der Waals surface area contributed by atoms with Gasteiger partial charge in [0.2, 0.25) is 0 Å². The Morgan fingerprint density at radius 1 is 1.27 bits per heavy atom. The van der Waals surface area contributed by atoms with Gasteiger partial charge in [0, 0.05) is 18.8 Å². The molecule has 1 aromatic rings. The summed E-state index contributed by atoms with van der Waals surface area (Å²) >= 11 is 0. The molecule has 0 unspecified atom stereocenters. The van der Waals surface area contributed by atoms with E-state index >= 15 is 0 Å². The van der Waals surface area contributed by atoms with E-state index in [0.717, 1.165) is 11.3 Å². The van der Waals surface area contributed by atoms with Crippen LogP contribution in [0.1, 0.15) is 26.3 Å². The molecule has 0 atom stereocenters.